The highest BCUT2D eigenvalue weighted by molar-refractivity contribution is 6.01. The lowest BCUT2D eigenvalue weighted by Gasteiger charge is -2.37. The van der Waals surface area contributed by atoms with Gasteiger partial charge in [0.2, 0.25) is 0 Å². The van der Waals surface area contributed by atoms with Crippen molar-refractivity contribution in [1.82, 2.24) is 9.80 Å². The fraction of sp³-hybridized carbons (Fsp3) is 0.389. The van der Waals surface area contributed by atoms with Gasteiger partial charge in [0.25, 0.3) is 0 Å². The van der Waals surface area contributed by atoms with E-state index in [4.69, 9.17) is 0 Å². The highest BCUT2D eigenvalue weighted by atomic mass is 16.2. The number of rotatable bonds is 1. The summed E-state index contributed by atoms with van der Waals surface area (Å²) in [7, 11) is 0. The number of carbonyl (C=O) groups excluding carboxylic acids is 1. The Morgan fingerprint density at radius 1 is 1.05 bits per heavy atom. The van der Waals surface area contributed by atoms with Gasteiger partial charge >= 0.3 is 6.03 Å². The molecule has 2 heterocycles. The molecule has 1 N–H and O–H groups in total. The molecule has 0 bridgehead atoms. The first-order valence-electron chi connectivity index (χ1n) is 8.09. The number of nitrogens with zero attached hydrogens (tertiary/aromatic N) is 2. The van der Waals surface area contributed by atoms with Gasteiger partial charge in [0.1, 0.15) is 0 Å². The normalized spacial score (nSPS) is 21.8. The second-order valence-electron chi connectivity index (χ2n) is 6.23. The van der Waals surface area contributed by atoms with Gasteiger partial charge in [0.05, 0.1) is 5.69 Å². The molecule has 0 saturated carbocycles. The smallest absolute Gasteiger partial charge is 0.321 e. The molecule has 4 nitrogen and oxygen atoms in total. The molecule has 4 rings (SSSR count). The van der Waals surface area contributed by atoms with Crippen LogP contribution in [0.4, 0.5) is 10.5 Å². The number of urea groups is 1. The standard InChI is InChI=1S/C18H21N3O/c22-18(21-12-11-20-10-4-7-15(20)13-21)19-17-9-3-6-14-5-1-2-8-16(14)17/h1-3,5-6,8-9,15H,4,7,10-13H2,(H,19,22). The van der Waals surface area contributed by atoms with Crippen LogP contribution in [0.3, 0.4) is 0 Å². The molecule has 0 aromatic heterocycles. The summed E-state index contributed by atoms with van der Waals surface area (Å²) in [5, 5.41) is 5.35. The Kier molecular flexibility index (Phi) is 3.47. The Bertz CT molecular complexity index is 694. The van der Waals surface area contributed by atoms with Gasteiger partial charge in [0, 0.05) is 31.1 Å². The van der Waals surface area contributed by atoms with Crippen LogP contribution < -0.4 is 5.32 Å². The third kappa shape index (κ3) is 2.44. The number of amides is 2. The van der Waals surface area contributed by atoms with E-state index in [0.717, 1.165) is 36.1 Å². The van der Waals surface area contributed by atoms with Gasteiger partial charge in [-0.1, -0.05) is 36.4 Å². The molecule has 0 spiro atoms. The molecule has 2 aliphatic heterocycles. The Morgan fingerprint density at radius 2 is 1.91 bits per heavy atom. The van der Waals surface area contributed by atoms with Crippen molar-refractivity contribution in [1.29, 1.82) is 0 Å². The molecule has 2 aromatic rings. The van der Waals surface area contributed by atoms with Crippen LogP contribution in [0.1, 0.15) is 12.8 Å². The van der Waals surface area contributed by atoms with Gasteiger partial charge in [-0.25, -0.2) is 4.79 Å². The summed E-state index contributed by atoms with van der Waals surface area (Å²) in [6.45, 7) is 3.89. The fourth-order valence-corrected chi connectivity index (χ4v) is 3.70. The Hall–Kier alpha value is -2.07. The van der Waals surface area contributed by atoms with Crippen molar-refractivity contribution >= 4 is 22.5 Å². The van der Waals surface area contributed by atoms with Crippen LogP contribution in [0.5, 0.6) is 0 Å². The summed E-state index contributed by atoms with van der Waals surface area (Å²) in [6, 6.07) is 14.8. The minimum atomic E-state index is 0.0305. The Balaban J connectivity index is 1.51. The molecule has 2 amide bonds. The molecular formula is C18H21N3O. The van der Waals surface area contributed by atoms with E-state index in [-0.39, 0.29) is 6.03 Å². The van der Waals surface area contributed by atoms with E-state index in [2.05, 4.69) is 28.4 Å². The minimum Gasteiger partial charge on any atom is -0.322 e. The molecule has 4 heteroatoms. The zero-order chi connectivity index (χ0) is 14.9. The van der Waals surface area contributed by atoms with E-state index in [0.29, 0.717) is 6.04 Å². The number of carbonyl (C=O) groups is 1. The first-order chi connectivity index (χ1) is 10.8. The van der Waals surface area contributed by atoms with E-state index in [9.17, 15) is 4.79 Å². The lowest BCUT2D eigenvalue weighted by atomic mass is 10.1. The second kappa shape index (κ2) is 5.61. The maximum atomic E-state index is 12.6. The summed E-state index contributed by atoms with van der Waals surface area (Å²) < 4.78 is 0. The highest BCUT2D eigenvalue weighted by Gasteiger charge is 2.32. The molecule has 0 radical (unpaired) electrons. The topological polar surface area (TPSA) is 35.6 Å². The van der Waals surface area contributed by atoms with E-state index in [1.54, 1.807) is 0 Å². The molecule has 2 saturated heterocycles. The van der Waals surface area contributed by atoms with Crippen LogP contribution in [0.2, 0.25) is 0 Å². The maximum absolute atomic E-state index is 12.6. The summed E-state index contributed by atoms with van der Waals surface area (Å²) >= 11 is 0. The largest absolute Gasteiger partial charge is 0.322 e. The van der Waals surface area contributed by atoms with Crippen molar-refractivity contribution in [2.24, 2.45) is 0 Å². The molecular weight excluding hydrogens is 274 g/mol. The lowest BCUT2D eigenvalue weighted by Crippen LogP contribution is -2.53. The number of hydrogen-bond donors (Lipinski definition) is 1. The van der Waals surface area contributed by atoms with Crippen LogP contribution in [-0.2, 0) is 0 Å². The zero-order valence-electron chi connectivity index (χ0n) is 12.7. The van der Waals surface area contributed by atoms with Crippen LogP contribution in [-0.4, -0.2) is 48.1 Å². The van der Waals surface area contributed by atoms with Crippen LogP contribution in [0.15, 0.2) is 42.5 Å². The number of fused-ring (bicyclic) bond motifs is 2. The quantitative estimate of drug-likeness (QED) is 0.877. The van der Waals surface area contributed by atoms with Crippen molar-refractivity contribution in [2.75, 3.05) is 31.5 Å². The molecule has 0 aliphatic carbocycles. The Labute approximate surface area is 130 Å². The number of hydrogen-bond acceptors (Lipinski definition) is 2. The van der Waals surface area contributed by atoms with E-state index in [1.165, 1.54) is 19.4 Å². The molecule has 1 atom stereocenters. The first-order valence-corrected chi connectivity index (χ1v) is 8.09. The SMILES string of the molecule is O=C(Nc1cccc2ccccc12)N1CCN2CCCC2C1. The van der Waals surface area contributed by atoms with Gasteiger partial charge in [-0.3, -0.25) is 4.90 Å². The third-order valence-electron chi connectivity index (χ3n) is 4.91. The molecule has 2 aliphatic rings. The van der Waals surface area contributed by atoms with E-state index >= 15 is 0 Å². The van der Waals surface area contributed by atoms with Crippen molar-refractivity contribution in [3.8, 4) is 0 Å². The van der Waals surface area contributed by atoms with Gasteiger partial charge < -0.3 is 10.2 Å². The number of benzene rings is 2. The van der Waals surface area contributed by atoms with Gasteiger partial charge in [-0.2, -0.15) is 0 Å². The fourth-order valence-electron chi connectivity index (χ4n) is 3.70. The number of piperazine rings is 1. The van der Waals surface area contributed by atoms with Crippen molar-refractivity contribution < 1.29 is 4.79 Å². The summed E-state index contributed by atoms with van der Waals surface area (Å²) in [5.74, 6) is 0. The summed E-state index contributed by atoms with van der Waals surface area (Å²) in [4.78, 5) is 17.1. The molecule has 2 aromatic carbocycles. The lowest BCUT2D eigenvalue weighted by molar-refractivity contribution is 0.124. The zero-order valence-corrected chi connectivity index (χ0v) is 12.7. The van der Waals surface area contributed by atoms with Crippen LogP contribution in [0.25, 0.3) is 10.8 Å². The predicted octanol–water partition coefficient (Wildman–Crippen LogP) is 3.15. The average molecular weight is 295 g/mol. The van der Waals surface area contributed by atoms with Gasteiger partial charge in [-0.05, 0) is 30.8 Å². The van der Waals surface area contributed by atoms with E-state index < -0.39 is 0 Å². The summed E-state index contributed by atoms with van der Waals surface area (Å²) in [6.07, 6.45) is 2.49. The Morgan fingerprint density at radius 3 is 2.86 bits per heavy atom. The second-order valence-corrected chi connectivity index (χ2v) is 6.23. The number of nitrogens with one attached hydrogen (secondary N) is 1. The molecule has 114 valence electrons. The van der Waals surface area contributed by atoms with Gasteiger partial charge in [0.15, 0.2) is 0 Å². The minimum absolute atomic E-state index is 0.0305. The van der Waals surface area contributed by atoms with Crippen LogP contribution >= 0.6 is 0 Å². The van der Waals surface area contributed by atoms with Crippen LogP contribution in [0, 0.1) is 0 Å². The van der Waals surface area contributed by atoms with Crippen molar-refractivity contribution in [3.05, 3.63) is 42.5 Å². The predicted molar refractivity (Wildman–Crippen MR) is 89.1 cm³/mol. The molecule has 2 fully saturated rings. The average Bonchev–Trinajstić information content (AvgIpc) is 3.02. The number of anilines is 1. The van der Waals surface area contributed by atoms with Gasteiger partial charge in [-0.15, -0.1) is 0 Å². The van der Waals surface area contributed by atoms with Crippen molar-refractivity contribution in [3.63, 3.8) is 0 Å². The maximum Gasteiger partial charge on any atom is 0.321 e. The molecule has 22 heavy (non-hydrogen) atoms. The monoisotopic (exact) mass is 295 g/mol. The highest BCUT2D eigenvalue weighted by Crippen LogP contribution is 2.25. The first kappa shape index (κ1) is 13.6. The summed E-state index contributed by atoms with van der Waals surface area (Å²) in [5.41, 5.74) is 0.900. The third-order valence-corrected chi connectivity index (χ3v) is 4.91. The molecule has 1 unspecified atom stereocenters. The van der Waals surface area contributed by atoms with E-state index in [1.807, 2.05) is 29.2 Å². The van der Waals surface area contributed by atoms with Crippen molar-refractivity contribution in [2.45, 2.75) is 18.9 Å².